The molecular weight excluding hydrogens is 310 g/mol. The topological polar surface area (TPSA) is 84.4 Å². The Labute approximate surface area is 139 Å². The predicted molar refractivity (Wildman–Crippen MR) is 89.5 cm³/mol. The second-order valence-corrected chi connectivity index (χ2v) is 5.83. The van der Waals surface area contributed by atoms with E-state index in [1.54, 1.807) is 23.2 Å². The fourth-order valence-electron chi connectivity index (χ4n) is 3.13. The molecule has 1 aromatic carbocycles. The smallest absolute Gasteiger partial charge is 0.332 e. The Balaban J connectivity index is 2.16. The van der Waals surface area contributed by atoms with Gasteiger partial charge in [0.1, 0.15) is 11.9 Å². The van der Waals surface area contributed by atoms with Crippen molar-refractivity contribution in [3.05, 3.63) is 40.4 Å². The van der Waals surface area contributed by atoms with Crippen LogP contribution in [0.3, 0.4) is 0 Å². The van der Waals surface area contributed by atoms with Gasteiger partial charge in [0.05, 0.1) is 24.1 Å². The van der Waals surface area contributed by atoms with E-state index < -0.39 is 24.2 Å². The highest BCUT2D eigenvalue weighted by Gasteiger charge is 2.58. The van der Waals surface area contributed by atoms with Gasteiger partial charge >= 0.3 is 5.97 Å². The molecule has 1 aliphatic heterocycles. The molecule has 1 fully saturated rings. The summed E-state index contributed by atoms with van der Waals surface area (Å²) in [6.07, 6.45) is 0.280. The summed E-state index contributed by atoms with van der Waals surface area (Å²) in [5.74, 6) is 0.0908. The number of aliphatic hydroxyl groups is 1. The van der Waals surface area contributed by atoms with Crippen LogP contribution in [0.2, 0.25) is 0 Å². The van der Waals surface area contributed by atoms with E-state index in [1.807, 2.05) is 19.9 Å². The summed E-state index contributed by atoms with van der Waals surface area (Å²) in [5, 5.41) is 12.3. The van der Waals surface area contributed by atoms with Gasteiger partial charge in [0.15, 0.2) is 6.04 Å². The first kappa shape index (κ1) is 16.4. The zero-order valence-electron chi connectivity index (χ0n) is 14.0. The normalized spacial score (nSPS) is 20.9. The predicted octanol–water partition coefficient (Wildman–Crippen LogP) is 0.592. The summed E-state index contributed by atoms with van der Waals surface area (Å²) < 4.78 is 6.25. The zero-order valence-corrected chi connectivity index (χ0v) is 14.0. The first-order valence-corrected chi connectivity index (χ1v) is 8.10. The summed E-state index contributed by atoms with van der Waals surface area (Å²) in [4.78, 5) is 29.5. The van der Waals surface area contributed by atoms with Crippen molar-refractivity contribution in [3.8, 4) is 0 Å². The molecule has 1 N–H and O–H groups in total. The van der Waals surface area contributed by atoms with Crippen molar-refractivity contribution in [3.63, 3.8) is 0 Å². The first-order chi connectivity index (χ1) is 11.5. The maximum absolute atomic E-state index is 13.0. The van der Waals surface area contributed by atoms with Crippen LogP contribution >= 0.6 is 0 Å². The Morgan fingerprint density at radius 2 is 2.08 bits per heavy atom. The molecule has 24 heavy (non-hydrogen) atoms. The lowest BCUT2D eigenvalue weighted by atomic mass is 10.1. The van der Waals surface area contributed by atoms with Crippen LogP contribution in [-0.2, 0) is 16.0 Å². The van der Waals surface area contributed by atoms with Crippen LogP contribution in [0.25, 0.3) is 10.9 Å². The SMILES string of the molecule is CCc1nc2ccccc2c(=O)n1N1[C@@H]([C@H](O)CC)[C@@H]1C(=O)OC. The molecule has 2 heterocycles. The van der Waals surface area contributed by atoms with Crippen molar-refractivity contribution in [1.82, 2.24) is 9.66 Å². The van der Waals surface area contributed by atoms with Gasteiger partial charge in [-0.2, -0.15) is 0 Å². The molecule has 0 radical (unpaired) electrons. The Kier molecular flexibility index (Phi) is 4.28. The van der Waals surface area contributed by atoms with Gasteiger partial charge in [-0.1, -0.05) is 26.0 Å². The lowest BCUT2D eigenvalue weighted by Crippen LogP contribution is -2.37. The summed E-state index contributed by atoms with van der Waals surface area (Å²) in [5.41, 5.74) is 0.386. The summed E-state index contributed by atoms with van der Waals surface area (Å²) in [6, 6.07) is 5.96. The number of carbonyl (C=O) groups excluding carboxylic acids is 1. The number of carbonyl (C=O) groups is 1. The Bertz CT molecular complexity index is 832. The van der Waals surface area contributed by atoms with Gasteiger partial charge in [-0.15, -0.1) is 0 Å². The molecule has 0 amide bonds. The molecule has 1 saturated heterocycles. The minimum absolute atomic E-state index is 0.239. The largest absolute Gasteiger partial charge is 0.467 e. The number of rotatable bonds is 5. The number of nitrogens with zero attached hydrogens (tertiary/aromatic N) is 3. The van der Waals surface area contributed by atoms with E-state index in [9.17, 15) is 14.7 Å². The van der Waals surface area contributed by atoms with E-state index >= 15 is 0 Å². The van der Waals surface area contributed by atoms with Gasteiger partial charge in [-0.3, -0.25) is 9.80 Å². The van der Waals surface area contributed by atoms with Crippen LogP contribution in [0.5, 0.6) is 0 Å². The van der Waals surface area contributed by atoms with Gasteiger partial charge in [0.25, 0.3) is 5.56 Å². The average molecular weight is 331 g/mol. The molecule has 1 aliphatic rings. The van der Waals surface area contributed by atoms with Crippen molar-refractivity contribution in [2.75, 3.05) is 12.1 Å². The molecule has 3 rings (SSSR count). The Morgan fingerprint density at radius 3 is 2.71 bits per heavy atom. The number of benzene rings is 1. The number of aliphatic hydroxyl groups excluding tert-OH is 1. The Hall–Kier alpha value is -2.41. The number of fused-ring (bicyclic) bond motifs is 1. The molecule has 0 bridgehead atoms. The molecule has 0 saturated carbocycles. The third-order valence-electron chi connectivity index (χ3n) is 4.45. The number of ether oxygens (including phenoxy) is 1. The minimum Gasteiger partial charge on any atom is -0.467 e. The van der Waals surface area contributed by atoms with Crippen LogP contribution in [0.4, 0.5) is 0 Å². The van der Waals surface area contributed by atoms with Crippen molar-refractivity contribution in [1.29, 1.82) is 0 Å². The Morgan fingerprint density at radius 1 is 1.38 bits per heavy atom. The number of hydrogen-bond donors (Lipinski definition) is 1. The molecule has 7 heteroatoms. The third kappa shape index (κ3) is 2.45. The lowest BCUT2D eigenvalue weighted by Gasteiger charge is -2.16. The molecule has 3 atom stereocenters. The first-order valence-electron chi connectivity index (χ1n) is 8.10. The summed E-state index contributed by atoms with van der Waals surface area (Å²) >= 11 is 0. The van der Waals surface area contributed by atoms with Gasteiger partial charge < -0.3 is 9.84 Å². The van der Waals surface area contributed by atoms with E-state index in [2.05, 4.69) is 4.98 Å². The second-order valence-electron chi connectivity index (χ2n) is 5.83. The zero-order chi connectivity index (χ0) is 17.4. The molecule has 7 nitrogen and oxygen atoms in total. The molecule has 0 aliphatic carbocycles. The lowest BCUT2D eigenvalue weighted by molar-refractivity contribution is -0.140. The number of aryl methyl sites for hydroxylation is 1. The highest BCUT2D eigenvalue weighted by atomic mass is 16.5. The van der Waals surface area contributed by atoms with E-state index in [-0.39, 0.29) is 5.56 Å². The second kappa shape index (κ2) is 6.24. The van der Waals surface area contributed by atoms with Crippen molar-refractivity contribution in [2.45, 2.75) is 44.9 Å². The standard InChI is InChI=1S/C17H21N3O4/c1-4-12(21)14-15(17(23)24-3)20(14)19-13(5-2)18-11-9-7-6-8-10(11)16(19)22/h6-9,12,14-15,21H,4-5H2,1-3H3/t12-,14+,15-,20?/m1/s1. The van der Waals surface area contributed by atoms with Crippen LogP contribution in [0, 0.1) is 0 Å². The molecule has 128 valence electrons. The number of hydrogen-bond acceptors (Lipinski definition) is 6. The van der Waals surface area contributed by atoms with Crippen molar-refractivity contribution < 1.29 is 14.6 Å². The quantitative estimate of drug-likeness (QED) is 0.638. The minimum atomic E-state index is -0.725. The maximum Gasteiger partial charge on any atom is 0.332 e. The highest BCUT2D eigenvalue weighted by molar-refractivity contribution is 5.85. The van der Waals surface area contributed by atoms with Gasteiger partial charge in [0.2, 0.25) is 0 Å². The monoisotopic (exact) mass is 331 g/mol. The van der Waals surface area contributed by atoms with E-state index in [4.69, 9.17) is 4.74 Å². The number of esters is 1. The van der Waals surface area contributed by atoms with E-state index in [0.29, 0.717) is 29.6 Å². The fraction of sp³-hybridized carbons (Fsp3) is 0.471. The summed E-state index contributed by atoms with van der Waals surface area (Å²) in [7, 11) is 1.30. The molecule has 2 aromatic rings. The van der Waals surface area contributed by atoms with Gasteiger partial charge in [-0.05, 0) is 18.6 Å². The van der Waals surface area contributed by atoms with E-state index in [1.165, 1.54) is 11.8 Å². The van der Waals surface area contributed by atoms with Crippen molar-refractivity contribution in [2.24, 2.45) is 0 Å². The van der Waals surface area contributed by atoms with Gasteiger partial charge in [-0.25, -0.2) is 14.5 Å². The third-order valence-corrected chi connectivity index (χ3v) is 4.45. The molecular formula is C17H21N3O4. The van der Waals surface area contributed by atoms with Gasteiger partial charge in [0, 0.05) is 6.42 Å². The number of methoxy groups -OCH3 is 1. The molecule has 1 aromatic heterocycles. The molecule has 0 unspecified atom stereocenters. The number of para-hydroxylation sites is 1. The summed E-state index contributed by atoms with van der Waals surface area (Å²) in [6.45, 7) is 3.73. The maximum atomic E-state index is 13.0. The number of aromatic nitrogens is 2. The van der Waals surface area contributed by atoms with Crippen LogP contribution < -0.4 is 10.6 Å². The molecule has 0 spiro atoms. The fourth-order valence-corrected chi connectivity index (χ4v) is 3.13. The average Bonchev–Trinajstić information content (AvgIpc) is 3.35. The van der Waals surface area contributed by atoms with Crippen LogP contribution in [0.15, 0.2) is 29.1 Å². The van der Waals surface area contributed by atoms with Crippen molar-refractivity contribution >= 4 is 16.9 Å². The van der Waals surface area contributed by atoms with Crippen LogP contribution in [-0.4, -0.2) is 46.0 Å². The van der Waals surface area contributed by atoms with E-state index in [0.717, 1.165) is 0 Å². The highest BCUT2D eigenvalue weighted by Crippen LogP contribution is 2.31. The van der Waals surface area contributed by atoms with Crippen LogP contribution in [0.1, 0.15) is 26.1 Å².